The van der Waals surface area contributed by atoms with E-state index in [1.165, 1.54) is 18.2 Å². The molecule has 4 rings (SSSR count). The summed E-state index contributed by atoms with van der Waals surface area (Å²) in [4.78, 5) is 19.5. The summed E-state index contributed by atoms with van der Waals surface area (Å²) in [6, 6.07) is 8.55. The highest BCUT2D eigenvalue weighted by Crippen LogP contribution is 2.27. The number of nitrogens with zero attached hydrogens (tertiary/aromatic N) is 5. The van der Waals surface area contributed by atoms with Crippen LogP contribution in [0.25, 0.3) is 22.1 Å². The Hall–Kier alpha value is -2.15. The van der Waals surface area contributed by atoms with Gasteiger partial charge in [-0.3, -0.25) is 4.79 Å². The lowest BCUT2D eigenvalue weighted by molar-refractivity contribution is -0.132. The van der Waals surface area contributed by atoms with E-state index in [4.69, 9.17) is 4.98 Å². The van der Waals surface area contributed by atoms with Gasteiger partial charge in [-0.15, -0.1) is 10.2 Å². The number of piperidine rings is 1. The fraction of sp³-hybridized carbons (Fsp3) is 0.500. The second-order valence-electron chi connectivity index (χ2n) is 6.96. The molecule has 0 bridgehead atoms. The Morgan fingerprint density at radius 3 is 2.89 bits per heavy atom. The van der Waals surface area contributed by atoms with Gasteiger partial charge in [0.05, 0.1) is 11.3 Å². The Balaban J connectivity index is 1.56. The monoisotopic (exact) mass is 383 g/mol. The Morgan fingerprint density at radius 2 is 2.07 bits per heavy atom. The molecule has 1 amide bonds. The summed E-state index contributed by atoms with van der Waals surface area (Å²) < 4.78 is 2.16. The molecule has 3 aromatic rings. The predicted octanol–water partition coefficient (Wildman–Crippen LogP) is 3.88. The molecular weight excluding hydrogens is 358 g/mol. The van der Waals surface area contributed by atoms with Gasteiger partial charge >= 0.3 is 0 Å². The number of para-hydroxylation sites is 1. The number of likely N-dealkylation sites (tertiary alicyclic amines) is 1. The third-order valence-electron chi connectivity index (χ3n) is 5.41. The molecule has 0 saturated carbocycles. The normalized spacial score (nSPS) is 17.7. The summed E-state index contributed by atoms with van der Waals surface area (Å²) in [5, 5.41) is 10.3. The van der Waals surface area contributed by atoms with Crippen LogP contribution < -0.4 is 0 Å². The van der Waals surface area contributed by atoms with Gasteiger partial charge in [0.2, 0.25) is 11.1 Å². The van der Waals surface area contributed by atoms with Gasteiger partial charge in [-0.1, -0.05) is 36.9 Å². The fourth-order valence-corrected chi connectivity index (χ4v) is 4.70. The summed E-state index contributed by atoms with van der Waals surface area (Å²) in [5.41, 5.74) is 2.78. The van der Waals surface area contributed by atoms with Crippen molar-refractivity contribution in [1.29, 1.82) is 0 Å². The summed E-state index contributed by atoms with van der Waals surface area (Å²) in [5.74, 6) is 0.557. The van der Waals surface area contributed by atoms with E-state index in [9.17, 15) is 4.79 Å². The van der Waals surface area contributed by atoms with E-state index in [-0.39, 0.29) is 5.91 Å². The van der Waals surface area contributed by atoms with Gasteiger partial charge in [-0.25, -0.2) is 4.98 Å². The maximum atomic E-state index is 12.7. The van der Waals surface area contributed by atoms with Gasteiger partial charge in [0.1, 0.15) is 5.52 Å². The molecular formula is C20H25N5OS. The Morgan fingerprint density at radius 1 is 1.22 bits per heavy atom. The molecule has 142 valence electrons. The van der Waals surface area contributed by atoms with E-state index in [0.29, 0.717) is 17.0 Å². The fourth-order valence-electron chi connectivity index (χ4n) is 4.03. The molecule has 0 N–H and O–H groups in total. The number of hydrogen-bond donors (Lipinski definition) is 0. The number of carbonyl (C=O) groups is 1. The topological polar surface area (TPSA) is 63.9 Å². The van der Waals surface area contributed by atoms with Crippen molar-refractivity contribution in [2.75, 3.05) is 12.3 Å². The molecule has 3 heterocycles. The van der Waals surface area contributed by atoms with E-state index in [1.54, 1.807) is 0 Å². The van der Waals surface area contributed by atoms with Gasteiger partial charge in [0, 0.05) is 24.5 Å². The molecule has 0 radical (unpaired) electrons. The molecule has 2 aromatic heterocycles. The Labute approximate surface area is 163 Å². The van der Waals surface area contributed by atoms with Crippen molar-refractivity contribution in [1.82, 2.24) is 24.6 Å². The number of amides is 1. The summed E-state index contributed by atoms with van der Waals surface area (Å²) in [6.45, 7) is 5.96. The average molecular weight is 384 g/mol. The van der Waals surface area contributed by atoms with E-state index in [2.05, 4.69) is 40.7 Å². The van der Waals surface area contributed by atoms with Crippen LogP contribution in [0.15, 0.2) is 29.4 Å². The molecule has 1 saturated heterocycles. The van der Waals surface area contributed by atoms with Crippen molar-refractivity contribution in [3.05, 3.63) is 24.3 Å². The van der Waals surface area contributed by atoms with Gasteiger partial charge in [0.25, 0.3) is 0 Å². The minimum atomic E-state index is 0.186. The van der Waals surface area contributed by atoms with Crippen LogP contribution >= 0.6 is 11.8 Å². The average Bonchev–Trinajstić information content (AvgIpc) is 3.04. The smallest absolute Gasteiger partial charge is 0.233 e. The van der Waals surface area contributed by atoms with Crippen LogP contribution in [-0.2, 0) is 11.3 Å². The van der Waals surface area contributed by atoms with Gasteiger partial charge < -0.3 is 9.47 Å². The summed E-state index contributed by atoms with van der Waals surface area (Å²) >= 11 is 1.39. The predicted molar refractivity (Wildman–Crippen MR) is 109 cm³/mol. The molecule has 1 aliphatic heterocycles. The summed E-state index contributed by atoms with van der Waals surface area (Å²) in [6.07, 6.45) is 4.47. The van der Waals surface area contributed by atoms with Crippen LogP contribution in [-0.4, -0.2) is 48.9 Å². The lowest BCUT2D eigenvalue weighted by Gasteiger charge is -2.35. The molecule has 1 fully saturated rings. The first-order chi connectivity index (χ1) is 13.2. The lowest BCUT2D eigenvalue weighted by atomic mass is 10.0. The van der Waals surface area contributed by atoms with Crippen LogP contribution in [0.4, 0.5) is 0 Å². The molecule has 1 aromatic carbocycles. The van der Waals surface area contributed by atoms with E-state index < -0.39 is 0 Å². The number of rotatable bonds is 5. The molecule has 0 aliphatic carbocycles. The van der Waals surface area contributed by atoms with Crippen LogP contribution in [0.3, 0.4) is 0 Å². The minimum Gasteiger partial charge on any atom is -0.339 e. The van der Waals surface area contributed by atoms with Gasteiger partial charge in [-0.2, -0.15) is 0 Å². The van der Waals surface area contributed by atoms with Crippen LogP contribution in [0, 0.1) is 0 Å². The first kappa shape index (κ1) is 18.2. The highest BCUT2D eigenvalue weighted by molar-refractivity contribution is 7.99. The van der Waals surface area contributed by atoms with Crippen molar-refractivity contribution in [2.24, 2.45) is 0 Å². The van der Waals surface area contributed by atoms with Crippen LogP contribution in [0.5, 0.6) is 0 Å². The number of hydrogen-bond acceptors (Lipinski definition) is 5. The number of aryl methyl sites for hydroxylation is 1. The van der Waals surface area contributed by atoms with Gasteiger partial charge in [-0.05, 0) is 38.7 Å². The van der Waals surface area contributed by atoms with Crippen molar-refractivity contribution in [3.63, 3.8) is 0 Å². The van der Waals surface area contributed by atoms with E-state index in [1.807, 2.05) is 17.0 Å². The first-order valence-electron chi connectivity index (χ1n) is 9.76. The highest BCUT2D eigenvalue weighted by Gasteiger charge is 2.25. The maximum Gasteiger partial charge on any atom is 0.233 e. The Bertz CT molecular complexity index is 970. The van der Waals surface area contributed by atoms with Crippen LogP contribution in [0.2, 0.25) is 0 Å². The number of fused-ring (bicyclic) bond motifs is 3. The van der Waals surface area contributed by atoms with Crippen LogP contribution in [0.1, 0.15) is 39.5 Å². The zero-order valence-corrected chi connectivity index (χ0v) is 16.7. The largest absolute Gasteiger partial charge is 0.339 e. The molecule has 1 aliphatic rings. The quantitative estimate of drug-likeness (QED) is 0.626. The second kappa shape index (κ2) is 7.84. The Kier molecular flexibility index (Phi) is 5.29. The van der Waals surface area contributed by atoms with Gasteiger partial charge in [0.15, 0.2) is 5.65 Å². The van der Waals surface area contributed by atoms with Crippen molar-refractivity contribution in [2.45, 2.75) is 57.3 Å². The van der Waals surface area contributed by atoms with Crippen molar-refractivity contribution >= 4 is 39.7 Å². The summed E-state index contributed by atoms with van der Waals surface area (Å²) in [7, 11) is 0. The highest BCUT2D eigenvalue weighted by atomic mass is 32.2. The first-order valence-corrected chi connectivity index (χ1v) is 10.8. The van der Waals surface area contributed by atoms with Crippen molar-refractivity contribution in [3.8, 4) is 0 Å². The number of carbonyl (C=O) groups excluding carboxylic acids is 1. The van der Waals surface area contributed by atoms with E-state index in [0.717, 1.165) is 54.4 Å². The lowest BCUT2D eigenvalue weighted by Crippen LogP contribution is -2.44. The molecule has 27 heavy (non-hydrogen) atoms. The number of aromatic nitrogens is 4. The molecule has 6 nitrogen and oxygen atoms in total. The molecule has 1 atom stereocenters. The zero-order chi connectivity index (χ0) is 18.8. The standard InChI is InChI=1S/C20H25N5OS/c1-3-14-9-7-8-12-25(14)17(26)13-27-20-21-19-18(22-23-20)15-10-5-6-11-16(15)24(19)4-2/h5-6,10-11,14H,3-4,7-9,12-13H2,1-2H3/t14-/m0/s1. The second-order valence-corrected chi connectivity index (χ2v) is 7.90. The molecule has 0 spiro atoms. The minimum absolute atomic E-state index is 0.186. The van der Waals surface area contributed by atoms with Crippen molar-refractivity contribution < 1.29 is 4.79 Å². The van der Waals surface area contributed by atoms with E-state index >= 15 is 0 Å². The third kappa shape index (κ3) is 3.40. The molecule has 7 heteroatoms. The molecule has 0 unspecified atom stereocenters. The number of benzene rings is 1. The maximum absolute atomic E-state index is 12.7. The zero-order valence-electron chi connectivity index (χ0n) is 15.9. The number of thioether (sulfide) groups is 1. The SMILES string of the molecule is CC[C@H]1CCCCN1C(=O)CSc1nnc2c3ccccc3n(CC)c2n1. The third-order valence-corrected chi connectivity index (χ3v) is 6.24.